The summed E-state index contributed by atoms with van der Waals surface area (Å²) in [6, 6.07) is 13.5. The van der Waals surface area contributed by atoms with Gasteiger partial charge in [-0.2, -0.15) is 0 Å². The molecule has 2 heteroatoms. The number of thiophene rings is 1. The molecule has 1 nitrogen and oxygen atoms in total. The zero-order chi connectivity index (χ0) is 19.4. The van der Waals surface area contributed by atoms with E-state index in [0.29, 0.717) is 0 Å². The number of hydrogen-bond donors (Lipinski definition) is 0. The summed E-state index contributed by atoms with van der Waals surface area (Å²) in [5.41, 5.74) is 9.91. The number of hydrogen-bond acceptors (Lipinski definition) is 2. The average molecular weight is 377 g/mol. The summed E-state index contributed by atoms with van der Waals surface area (Å²) in [4.78, 5) is 12.9. The zero-order valence-corrected chi connectivity index (χ0v) is 17.6. The van der Waals surface area contributed by atoms with E-state index in [-0.39, 0.29) is 0 Å². The normalized spacial score (nSPS) is 11.0. The topological polar surface area (TPSA) is 17.1 Å². The molecule has 27 heavy (non-hydrogen) atoms. The van der Waals surface area contributed by atoms with E-state index in [1.807, 2.05) is 11.3 Å². The van der Waals surface area contributed by atoms with Gasteiger partial charge in [-0.1, -0.05) is 58.0 Å². The number of carbonyl (C=O) groups is 1. The minimum Gasteiger partial charge on any atom is -0.298 e. The molecule has 2 aromatic carbocycles. The van der Waals surface area contributed by atoms with E-state index in [4.69, 9.17) is 0 Å². The van der Waals surface area contributed by atoms with E-state index in [0.717, 1.165) is 48.7 Å². The summed E-state index contributed by atoms with van der Waals surface area (Å²) in [6.07, 6.45) is 4.81. The van der Waals surface area contributed by atoms with Crippen LogP contribution in [0, 0.1) is 0 Å². The Labute approximate surface area is 167 Å². The van der Waals surface area contributed by atoms with Crippen molar-refractivity contribution in [1.29, 1.82) is 0 Å². The highest BCUT2D eigenvalue weighted by Crippen LogP contribution is 2.37. The average Bonchev–Trinajstić information content (AvgIpc) is 3.25. The maximum Gasteiger partial charge on any atom is 0.150 e. The minimum absolute atomic E-state index is 0.878. The lowest BCUT2D eigenvalue weighted by atomic mass is 9.88. The highest BCUT2D eigenvalue weighted by Gasteiger charge is 2.15. The lowest BCUT2D eigenvalue weighted by Gasteiger charge is -2.17. The SMILES string of the molecule is CCc1cc(-c2cc(CC)c(-c3cccs3)c(CC)c2)cc(CC)c1C=O. The number of carbonyl (C=O) groups excluding carboxylic acids is 1. The molecule has 0 aliphatic carbocycles. The Morgan fingerprint density at radius 3 is 1.63 bits per heavy atom. The van der Waals surface area contributed by atoms with Crippen LogP contribution < -0.4 is 0 Å². The molecule has 0 radical (unpaired) electrons. The van der Waals surface area contributed by atoms with E-state index in [1.54, 1.807) is 0 Å². The number of aldehydes is 1. The molecule has 140 valence electrons. The van der Waals surface area contributed by atoms with Gasteiger partial charge in [-0.15, -0.1) is 11.3 Å². The largest absolute Gasteiger partial charge is 0.298 e. The van der Waals surface area contributed by atoms with E-state index >= 15 is 0 Å². The molecule has 0 fully saturated rings. The molecular formula is C25H28OS. The molecule has 0 saturated carbocycles. The van der Waals surface area contributed by atoms with Crippen LogP contribution in [0.25, 0.3) is 21.6 Å². The molecule has 0 saturated heterocycles. The summed E-state index contributed by atoms with van der Waals surface area (Å²) in [5, 5.41) is 2.15. The lowest BCUT2D eigenvalue weighted by Crippen LogP contribution is -2.00. The van der Waals surface area contributed by atoms with E-state index in [9.17, 15) is 4.79 Å². The third-order valence-electron chi connectivity index (χ3n) is 5.40. The second kappa shape index (κ2) is 8.67. The molecular weight excluding hydrogens is 348 g/mol. The van der Waals surface area contributed by atoms with Crippen LogP contribution in [0.2, 0.25) is 0 Å². The van der Waals surface area contributed by atoms with Crippen molar-refractivity contribution in [2.24, 2.45) is 0 Å². The van der Waals surface area contributed by atoms with Crippen LogP contribution in [0.4, 0.5) is 0 Å². The van der Waals surface area contributed by atoms with E-state index < -0.39 is 0 Å². The molecule has 1 heterocycles. The smallest absolute Gasteiger partial charge is 0.150 e. The summed E-state index contributed by atoms with van der Waals surface area (Å²) in [5.74, 6) is 0. The van der Waals surface area contributed by atoms with Crippen molar-refractivity contribution in [1.82, 2.24) is 0 Å². The molecule has 0 aliphatic rings. The predicted octanol–water partition coefficient (Wildman–Crippen LogP) is 7.14. The second-order valence-electron chi connectivity index (χ2n) is 6.89. The number of benzene rings is 2. The molecule has 0 aliphatic heterocycles. The van der Waals surface area contributed by atoms with E-state index in [2.05, 4.69) is 69.5 Å². The summed E-state index contributed by atoms with van der Waals surface area (Å²) in [7, 11) is 0. The van der Waals surface area contributed by atoms with Gasteiger partial charge in [0.25, 0.3) is 0 Å². The van der Waals surface area contributed by atoms with Gasteiger partial charge in [-0.3, -0.25) is 4.79 Å². The molecule has 0 unspecified atom stereocenters. The molecule has 0 amide bonds. The van der Waals surface area contributed by atoms with Gasteiger partial charge in [0.05, 0.1) is 0 Å². The Bertz CT molecular complexity index is 885. The van der Waals surface area contributed by atoms with Gasteiger partial charge in [0.2, 0.25) is 0 Å². The van der Waals surface area contributed by atoms with Crippen molar-refractivity contribution in [2.45, 2.75) is 53.4 Å². The summed E-state index contributed by atoms with van der Waals surface area (Å²) >= 11 is 1.81. The third kappa shape index (κ3) is 3.77. The highest BCUT2D eigenvalue weighted by molar-refractivity contribution is 7.13. The zero-order valence-electron chi connectivity index (χ0n) is 16.8. The van der Waals surface area contributed by atoms with Crippen molar-refractivity contribution in [3.8, 4) is 21.6 Å². The maximum atomic E-state index is 11.6. The predicted molar refractivity (Wildman–Crippen MR) is 118 cm³/mol. The van der Waals surface area contributed by atoms with Gasteiger partial charge in [0, 0.05) is 10.4 Å². The van der Waals surface area contributed by atoms with Gasteiger partial charge in [0.1, 0.15) is 0 Å². The van der Waals surface area contributed by atoms with Crippen LogP contribution in [0.15, 0.2) is 41.8 Å². The first-order chi connectivity index (χ1) is 13.2. The Hall–Kier alpha value is -2.19. The third-order valence-corrected chi connectivity index (χ3v) is 6.28. The Kier molecular flexibility index (Phi) is 6.28. The second-order valence-corrected chi connectivity index (χ2v) is 7.83. The Balaban J connectivity index is 2.22. The molecule has 3 aromatic rings. The monoisotopic (exact) mass is 376 g/mol. The quantitative estimate of drug-likeness (QED) is 0.400. The van der Waals surface area contributed by atoms with Crippen molar-refractivity contribution < 1.29 is 4.79 Å². The standard InChI is InChI=1S/C25H28OS/c1-5-17-12-21(13-18(6-2)23(17)16-26)22-14-19(7-3)25(20(8-4)15-22)24-10-9-11-27-24/h9-16H,5-8H2,1-4H3. The highest BCUT2D eigenvalue weighted by atomic mass is 32.1. The Morgan fingerprint density at radius 1 is 0.778 bits per heavy atom. The lowest BCUT2D eigenvalue weighted by molar-refractivity contribution is 0.112. The molecule has 1 aromatic heterocycles. The van der Waals surface area contributed by atoms with Gasteiger partial charge < -0.3 is 0 Å². The maximum absolute atomic E-state index is 11.6. The minimum atomic E-state index is 0.878. The fourth-order valence-electron chi connectivity index (χ4n) is 3.91. The van der Waals surface area contributed by atoms with Crippen LogP contribution in [-0.4, -0.2) is 6.29 Å². The summed E-state index contributed by atoms with van der Waals surface area (Å²) in [6.45, 7) is 8.72. The van der Waals surface area contributed by atoms with Crippen molar-refractivity contribution in [2.75, 3.05) is 0 Å². The van der Waals surface area contributed by atoms with Crippen LogP contribution in [0.5, 0.6) is 0 Å². The van der Waals surface area contributed by atoms with Crippen molar-refractivity contribution >= 4 is 17.6 Å². The molecule has 0 spiro atoms. The van der Waals surface area contributed by atoms with Gasteiger partial charge >= 0.3 is 0 Å². The van der Waals surface area contributed by atoms with Crippen LogP contribution >= 0.6 is 11.3 Å². The molecule has 0 atom stereocenters. The Morgan fingerprint density at radius 2 is 1.26 bits per heavy atom. The fourth-order valence-corrected chi connectivity index (χ4v) is 4.75. The summed E-state index contributed by atoms with van der Waals surface area (Å²) < 4.78 is 0. The first-order valence-corrected chi connectivity index (χ1v) is 10.9. The van der Waals surface area contributed by atoms with Gasteiger partial charge in [0.15, 0.2) is 6.29 Å². The van der Waals surface area contributed by atoms with Crippen LogP contribution in [0.3, 0.4) is 0 Å². The molecule has 3 rings (SSSR count). The number of rotatable bonds is 7. The number of aryl methyl sites for hydroxylation is 4. The fraction of sp³-hybridized carbons (Fsp3) is 0.320. The van der Waals surface area contributed by atoms with Gasteiger partial charge in [-0.25, -0.2) is 0 Å². The molecule has 0 bridgehead atoms. The van der Waals surface area contributed by atoms with Crippen LogP contribution in [-0.2, 0) is 25.7 Å². The van der Waals surface area contributed by atoms with Crippen LogP contribution in [0.1, 0.15) is 60.3 Å². The van der Waals surface area contributed by atoms with Crippen molar-refractivity contribution in [3.05, 3.63) is 69.6 Å². The first-order valence-electron chi connectivity index (χ1n) is 9.97. The first kappa shape index (κ1) is 19.6. The van der Waals surface area contributed by atoms with Crippen molar-refractivity contribution in [3.63, 3.8) is 0 Å². The van der Waals surface area contributed by atoms with Gasteiger partial charge in [-0.05, 0) is 76.1 Å². The van der Waals surface area contributed by atoms with E-state index in [1.165, 1.54) is 32.7 Å². The molecule has 0 N–H and O–H groups in total.